The van der Waals surface area contributed by atoms with Crippen LogP contribution in [0.2, 0.25) is 18.1 Å². The molecule has 1 heterocycles. The number of nitrogens with one attached hydrogen (secondary N) is 1. The van der Waals surface area contributed by atoms with Crippen LogP contribution in [0.5, 0.6) is 0 Å². The minimum Gasteiger partial charge on any atom is -0.462 e. The van der Waals surface area contributed by atoms with Gasteiger partial charge in [-0.15, -0.1) is 6.58 Å². The van der Waals surface area contributed by atoms with Gasteiger partial charge in [-0.1, -0.05) is 96.2 Å². The summed E-state index contributed by atoms with van der Waals surface area (Å²) in [6, 6.07) is 15.5. The Morgan fingerprint density at radius 2 is 1.67 bits per heavy atom. The molecule has 5 atom stereocenters. The monoisotopic (exact) mass is 630 g/mol. The highest BCUT2D eigenvalue weighted by molar-refractivity contribution is 6.74. The summed E-state index contributed by atoms with van der Waals surface area (Å²) < 4.78 is 12.6. The number of allylic oxidation sites excluding steroid dienone is 2. The van der Waals surface area contributed by atoms with Gasteiger partial charge >= 0.3 is 5.97 Å². The number of esters is 1. The molecule has 2 aromatic rings. The first-order valence-corrected chi connectivity index (χ1v) is 18.8. The van der Waals surface area contributed by atoms with Crippen molar-refractivity contribution in [1.29, 1.82) is 0 Å². The van der Waals surface area contributed by atoms with Crippen LogP contribution in [0, 0.1) is 11.3 Å². The summed E-state index contributed by atoms with van der Waals surface area (Å²) in [5, 5.41) is 2.97. The van der Waals surface area contributed by atoms with E-state index in [0.29, 0.717) is 12.0 Å². The molecule has 1 saturated heterocycles. The van der Waals surface area contributed by atoms with Gasteiger partial charge in [-0.25, -0.2) is 4.79 Å². The fraction of sp³-hybridized carbons (Fsp3) is 0.486. The van der Waals surface area contributed by atoms with Gasteiger partial charge < -0.3 is 19.4 Å². The molecule has 0 saturated carbocycles. The standard InChI is InChI=1S/C37H50N2O5Si/c1-11-37(6,7)29-22-28(26-19-15-16-20-27(26)29)32(44-45(9,10)36(3,4)5)31-34(41)39(8)30(33(40)38-31)21-24(2)23-43-35(42)25-17-13-12-14-18-25/h11-20,22,24,29-32H,1,21,23H2,2-10H3,(H,38,40)/t24-,29?,30+,31+,32-/m1/s1. The van der Waals surface area contributed by atoms with Crippen LogP contribution < -0.4 is 5.32 Å². The average molecular weight is 631 g/mol. The van der Waals surface area contributed by atoms with Crippen LogP contribution in [0.25, 0.3) is 5.57 Å². The van der Waals surface area contributed by atoms with Gasteiger partial charge in [0.25, 0.3) is 0 Å². The summed E-state index contributed by atoms with van der Waals surface area (Å²) in [4.78, 5) is 42.0. The highest BCUT2D eigenvalue weighted by Gasteiger charge is 2.50. The van der Waals surface area contributed by atoms with Crippen LogP contribution in [-0.4, -0.2) is 62.8 Å². The van der Waals surface area contributed by atoms with E-state index in [1.807, 2.05) is 31.2 Å². The predicted molar refractivity (Wildman–Crippen MR) is 182 cm³/mol. The molecule has 2 aromatic carbocycles. The largest absolute Gasteiger partial charge is 0.462 e. The Morgan fingerprint density at radius 1 is 1.04 bits per heavy atom. The molecule has 1 fully saturated rings. The number of amides is 2. The molecule has 45 heavy (non-hydrogen) atoms. The van der Waals surface area contributed by atoms with E-state index in [-0.39, 0.29) is 40.7 Å². The Kier molecular flexibility index (Phi) is 10.00. The van der Waals surface area contributed by atoms with E-state index in [1.54, 1.807) is 36.2 Å². The van der Waals surface area contributed by atoms with Gasteiger partial charge in [-0.2, -0.15) is 0 Å². The van der Waals surface area contributed by atoms with E-state index in [4.69, 9.17) is 9.16 Å². The van der Waals surface area contributed by atoms with Crippen molar-refractivity contribution in [1.82, 2.24) is 10.2 Å². The Labute approximate surface area is 270 Å². The third-order valence-electron chi connectivity index (χ3n) is 9.93. The number of benzene rings is 2. The highest BCUT2D eigenvalue weighted by Crippen LogP contribution is 2.49. The smallest absolute Gasteiger partial charge is 0.338 e. The molecule has 0 radical (unpaired) electrons. The lowest BCUT2D eigenvalue weighted by atomic mass is 9.76. The van der Waals surface area contributed by atoms with Crippen molar-refractivity contribution in [2.45, 2.75) is 90.2 Å². The predicted octanol–water partition coefficient (Wildman–Crippen LogP) is 6.98. The minimum absolute atomic E-state index is 0.0473. The number of carbonyl (C=O) groups is 3. The normalized spacial score (nSPS) is 21.8. The maximum atomic E-state index is 14.2. The summed E-state index contributed by atoms with van der Waals surface area (Å²) in [6.45, 7) is 21.4. The third-order valence-corrected chi connectivity index (χ3v) is 14.4. The van der Waals surface area contributed by atoms with Crippen LogP contribution in [0.3, 0.4) is 0 Å². The topological polar surface area (TPSA) is 84.9 Å². The highest BCUT2D eigenvalue weighted by atomic mass is 28.4. The second-order valence-electron chi connectivity index (χ2n) is 14.8. The van der Waals surface area contributed by atoms with Gasteiger partial charge in [-0.3, -0.25) is 9.59 Å². The lowest BCUT2D eigenvalue weighted by molar-refractivity contribution is -0.150. The lowest BCUT2D eigenvalue weighted by Crippen LogP contribution is -2.67. The average Bonchev–Trinajstić information content (AvgIpc) is 3.39. The van der Waals surface area contributed by atoms with Gasteiger partial charge in [0.15, 0.2) is 8.32 Å². The van der Waals surface area contributed by atoms with E-state index in [2.05, 4.69) is 77.8 Å². The molecule has 7 nitrogen and oxygen atoms in total. The summed E-state index contributed by atoms with van der Waals surface area (Å²) >= 11 is 0. The second-order valence-corrected chi connectivity index (χ2v) is 19.5. The van der Waals surface area contributed by atoms with Crippen LogP contribution in [0.4, 0.5) is 0 Å². The van der Waals surface area contributed by atoms with Crippen molar-refractivity contribution >= 4 is 31.7 Å². The van der Waals surface area contributed by atoms with Crippen molar-refractivity contribution in [3.8, 4) is 0 Å². The zero-order valence-corrected chi connectivity index (χ0v) is 29.3. The Hall–Kier alpha value is -3.49. The summed E-state index contributed by atoms with van der Waals surface area (Å²) in [7, 11) is -0.729. The molecule has 1 unspecified atom stereocenters. The molecule has 4 rings (SSSR count). The fourth-order valence-electron chi connectivity index (χ4n) is 5.84. The number of hydrogen-bond donors (Lipinski definition) is 1. The van der Waals surface area contributed by atoms with Crippen LogP contribution in [-0.2, 0) is 18.8 Å². The van der Waals surface area contributed by atoms with Crippen molar-refractivity contribution in [3.05, 3.63) is 90.0 Å². The molecule has 2 aliphatic rings. The van der Waals surface area contributed by atoms with Gasteiger partial charge in [0.2, 0.25) is 11.8 Å². The third kappa shape index (κ3) is 7.17. The van der Waals surface area contributed by atoms with Crippen LogP contribution in [0.15, 0.2) is 73.3 Å². The number of hydrogen-bond acceptors (Lipinski definition) is 5. The number of rotatable bonds is 11. The molecule has 1 aliphatic heterocycles. The van der Waals surface area contributed by atoms with Gasteiger partial charge in [0, 0.05) is 13.0 Å². The Balaban J connectivity index is 1.61. The Morgan fingerprint density at radius 3 is 2.29 bits per heavy atom. The van der Waals surface area contributed by atoms with Crippen molar-refractivity contribution in [3.63, 3.8) is 0 Å². The number of likely N-dealkylation sites (N-methyl/N-ethyl adjacent to an activating group) is 1. The molecule has 8 heteroatoms. The number of ether oxygens (including phenoxy) is 1. The first kappa shape index (κ1) is 34.4. The van der Waals surface area contributed by atoms with Crippen LogP contribution in [0.1, 0.15) is 75.4 Å². The van der Waals surface area contributed by atoms with E-state index in [9.17, 15) is 14.4 Å². The van der Waals surface area contributed by atoms with E-state index in [1.165, 1.54) is 5.56 Å². The first-order valence-electron chi connectivity index (χ1n) is 15.9. The maximum absolute atomic E-state index is 14.2. The van der Waals surface area contributed by atoms with E-state index in [0.717, 1.165) is 11.1 Å². The molecule has 0 spiro atoms. The maximum Gasteiger partial charge on any atom is 0.338 e. The minimum atomic E-state index is -2.41. The molecular formula is C37H50N2O5Si. The van der Waals surface area contributed by atoms with Gasteiger partial charge in [-0.05, 0) is 64.7 Å². The van der Waals surface area contributed by atoms with Gasteiger partial charge in [0.1, 0.15) is 18.2 Å². The number of fused-ring (bicyclic) bond motifs is 1. The molecule has 0 bridgehead atoms. The number of piperazine rings is 1. The summed E-state index contributed by atoms with van der Waals surface area (Å²) in [5.74, 6) is -0.936. The van der Waals surface area contributed by atoms with Gasteiger partial charge in [0.05, 0.1) is 12.2 Å². The van der Waals surface area contributed by atoms with E-state index >= 15 is 0 Å². The van der Waals surface area contributed by atoms with Crippen molar-refractivity contribution in [2.75, 3.05) is 13.7 Å². The number of carbonyl (C=O) groups excluding carboxylic acids is 3. The Bertz CT molecular complexity index is 1460. The molecule has 2 amide bonds. The second kappa shape index (κ2) is 13.1. The SMILES string of the molecule is C=CC(C)(C)C1C=C([C@@H](O[Si](C)(C)C(C)(C)C)[C@@H]2NC(=O)[C@H](C[C@@H](C)COC(=O)c3ccccc3)N(C)C2=O)c2ccccc21. The summed E-state index contributed by atoms with van der Waals surface area (Å²) in [5.41, 5.74) is 3.38. The molecule has 1 N–H and O–H groups in total. The number of nitrogens with zero attached hydrogens (tertiary/aromatic N) is 1. The fourth-order valence-corrected chi connectivity index (χ4v) is 7.09. The lowest BCUT2D eigenvalue weighted by Gasteiger charge is -2.45. The molecule has 0 aromatic heterocycles. The zero-order chi connectivity index (χ0) is 33.3. The molecular weight excluding hydrogens is 581 g/mol. The molecule has 1 aliphatic carbocycles. The van der Waals surface area contributed by atoms with Crippen LogP contribution >= 0.6 is 0 Å². The first-order chi connectivity index (χ1) is 21.0. The van der Waals surface area contributed by atoms with Crippen molar-refractivity contribution in [2.24, 2.45) is 11.3 Å². The summed E-state index contributed by atoms with van der Waals surface area (Å²) in [6.07, 6.45) is 3.89. The van der Waals surface area contributed by atoms with E-state index < -0.39 is 32.5 Å². The molecule has 242 valence electrons. The zero-order valence-electron chi connectivity index (χ0n) is 28.3. The quantitative estimate of drug-likeness (QED) is 0.165. The van der Waals surface area contributed by atoms with Crippen molar-refractivity contribution < 1.29 is 23.5 Å².